The second-order valence-corrected chi connectivity index (χ2v) is 9.41. The van der Waals surface area contributed by atoms with Gasteiger partial charge in [0.2, 0.25) is 5.91 Å². The van der Waals surface area contributed by atoms with Crippen LogP contribution in [-0.4, -0.2) is 41.9 Å². The predicted octanol–water partition coefficient (Wildman–Crippen LogP) is 4.18. The summed E-state index contributed by atoms with van der Waals surface area (Å²) in [6.07, 6.45) is 10.4. The molecule has 2 aliphatic carbocycles. The minimum atomic E-state index is -0.269. The summed E-state index contributed by atoms with van der Waals surface area (Å²) in [5.74, 6) is 1.18. The maximum Gasteiger partial charge on any atom is 0.257 e. The number of nitrogens with zero attached hydrogens (tertiary/aromatic N) is 6. The molecule has 2 fully saturated rings. The summed E-state index contributed by atoms with van der Waals surface area (Å²) in [7, 11) is 0. The molecule has 10 heteroatoms. The average molecular weight is 493 g/mol. The molecule has 6 rings (SSSR count). The highest BCUT2D eigenvalue weighted by Gasteiger charge is 2.30. The molecule has 0 aliphatic heterocycles. The number of amides is 2. The van der Waals surface area contributed by atoms with E-state index < -0.39 is 0 Å². The molecular weight excluding hydrogens is 468 g/mol. The standard InChI is InChI=1S/C27H24N8O2/c1-15-21(12-20(14-30-15)32-27(37)19-10-23(16-2-3-16)35-31-13-19)22-7-9-29-25(33-22)18-6-8-28-24(11-18)34-26(36)17-4-5-17/h6-14,16-17H,2-5H2,1H3,(H,32,37)(H,28,34,36). The van der Waals surface area contributed by atoms with E-state index in [2.05, 4.69) is 35.8 Å². The zero-order chi connectivity index (χ0) is 25.4. The van der Waals surface area contributed by atoms with Crippen LogP contribution in [0.2, 0.25) is 0 Å². The first kappa shape index (κ1) is 22.8. The normalized spacial score (nSPS) is 14.7. The van der Waals surface area contributed by atoms with Gasteiger partial charge in [-0.1, -0.05) is 0 Å². The first-order chi connectivity index (χ1) is 18.0. The van der Waals surface area contributed by atoms with Crippen molar-refractivity contribution < 1.29 is 9.59 Å². The molecule has 0 spiro atoms. The van der Waals surface area contributed by atoms with Gasteiger partial charge < -0.3 is 10.6 Å². The molecule has 2 aliphatic rings. The summed E-state index contributed by atoms with van der Waals surface area (Å²) in [5, 5.41) is 13.9. The van der Waals surface area contributed by atoms with Crippen molar-refractivity contribution in [3.8, 4) is 22.6 Å². The number of hydrogen-bond donors (Lipinski definition) is 2. The van der Waals surface area contributed by atoms with Crippen molar-refractivity contribution in [3.05, 3.63) is 72.1 Å². The molecule has 4 heterocycles. The van der Waals surface area contributed by atoms with E-state index in [4.69, 9.17) is 4.98 Å². The van der Waals surface area contributed by atoms with E-state index in [1.54, 1.807) is 42.9 Å². The van der Waals surface area contributed by atoms with E-state index in [-0.39, 0.29) is 17.7 Å². The lowest BCUT2D eigenvalue weighted by molar-refractivity contribution is -0.117. The van der Waals surface area contributed by atoms with E-state index in [0.717, 1.165) is 48.2 Å². The molecule has 0 unspecified atom stereocenters. The highest BCUT2D eigenvalue weighted by Crippen LogP contribution is 2.38. The Bertz CT molecular complexity index is 1510. The van der Waals surface area contributed by atoms with Crippen LogP contribution >= 0.6 is 0 Å². The summed E-state index contributed by atoms with van der Waals surface area (Å²) < 4.78 is 0. The Morgan fingerprint density at radius 3 is 2.57 bits per heavy atom. The Kier molecular flexibility index (Phi) is 5.84. The summed E-state index contributed by atoms with van der Waals surface area (Å²) in [4.78, 5) is 42.9. The Hall–Kier alpha value is -4.60. The monoisotopic (exact) mass is 492 g/mol. The lowest BCUT2D eigenvalue weighted by Gasteiger charge is -2.11. The van der Waals surface area contributed by atoms with Crippen molar-refractivity contribution in [3.63, 3.8) is 0 Å². The van der Waals surface area contributed by atoms with Crippen LogP contribution in [0.5, 0.6) is 0 Å². The van der Waals surface area contributed by atoms with Crippen molar-refractivity contribution in [2.45, 2.75) is 38.5 Å². The van der Waals surface area contributed by atoms with Crippen LogP contribution in [0.25, 0.3) is 22.6 Å². The smallest absolute Gasteiger partial charge is 0.257 e. The van der Waals surface area contributed by atoms with Crippen LogP contribution in [0.15, 0.2) is 55.1 Å². The molecule has 0 bridgehead atoms. The third kappa shape index (κ3) is 5.18. The minimum absolute atomic E-state index is 0.00816. The molecule has 2 saturated carbocycles. The Labute approximate surface area is 213 Å². The molecule has 37 heavy (non-hydrogen) atoms. The SMILES string of the molecule is Cc1ncc(NC(=O)c2cnnc(C3CC3)c2)cc1-c1ccnc(-c2ccnc(NC(=O)C3CC3)c2)n1. The number of pyridine rings is 2. The first-order valence-electron chi connectivity index (χ1n) is 12.2. The van der Waals surface area contributed by atoms with Crippen molar-refractivity contribution >= 4 is 23.3 Å². The zero-order valence-electron chi connectivity index (χ0n) is 20.2. The molecule has 184 valence electrons. The van der Waals surface area contributed by atoms with Gasteiger partial charge in [0.25, 0.3) is 5.91 Å². The van der Waals surface area contributed by atoms with Gasteiger partial charge in [-0.3, -0.25) is 14.6 Å². The van der Waals surface area contributed by atoms with Crippen molar-refractivity contribution in [1.82, 2.24) is 30.1 Å². The zero-order valence-corrected chi connectivity index (χ0v) is 20.2. The number of rotatable bonds is 7. The van der Waals surface area contributed by atoms with Crippen molar-refractivity contribution in [2.24, 2.45) is 5.92 Å². The van der Waals surface area contributed by atoms with Gasteiger partial charge in [-0.2, -0.15) is 10.2 Å². The summed E-state index contributed by atoms with van der Waals surface area (Å²) >= 11 is 0. The van der Waals surface area contributed by atoms with E-state index >= 15 is 0 Å². The second kappa shape index (κ2) is 9.45. The fraction of sp³-hybridized carbons (Fsp3) is 0.259. The molecular formula is C27H24N8O2. The topological polar surface area (TPSA) is 136 Å². The Morgan fingerprint density at radius 1 is 0.919 bits per heavy atom. The molecule has 2 amide bonds. The fourth-order valence-electron chi connectivity index (χ4n) is 4.01. The highest BCUT2D eigenvalue weighted by molar-refractivity contribution is 6.04. The van der Waals surface area contributed by atoms with Gasteiger partial charge >= 0.3 is 0 Å². The summed E-state index contributed by atoms with van der Waals surface area (Å²) in [5.41, 5.74) is 4.79. The number of hydrogen-bond acceptors (Lipinski definition) is 8. The summed E-state index contributed by atoms with van der Waals surface area (Å²) in [6.45, 7) is 1.88. The van der Waals surface area contributed by atoms with Gasteiger partial charge in [-0.25, -0.2) is 15.0 Å². The van der Waals surface area contributed by atoms with Gasteiger partial charge in [0.05, 0.1) is 35.0 Å². The molecule has 0 aromatic carbocycles. The van der Waals surface area contributed by atoms with E-state index in [1.807, 2.05) is 13.0 Å². The van der Waals surface area contributed by atoms with Crippen LogP contribution in [0.1, 0.15) is 53.3 Å². The molecule has 0 radical (unpaired) electrons. The number of carbonyl (C=O) groups excluding carboxylic acids is 2. The highest BCUT2D eigenvalue weighted by atomic mass is 16.2. The van der Waals surface area contributed by atoms with Gasteiger partial charge in [0.15, 0.2) is 5.82 Å². The third-order valence-electron chi connectivity index (χ3n) is 6.43. The van der Waals surface area contributed by atoms with E-state index in [0.29, 0.717) is 34.5 Å². The average Bonchev–Trinajstić information content (AvgIpc) is 3.83. The largest absolute Gasteiger partial charge is 0.321 e. The number of anilines is 2. The maximum atomic E-state index is 12.9. The van der Waals surface area contributed by atoms with Crippen LogP contribution in [0.4, 0.5) is 11.5 Å². The van der Waals surface area contributed by atoms with E-state index in [9.17, 15) is 9.59 Å². The molecule has 4 aromatic heterocycles. The molecule has 0 saturated heterocycles. The van der Waals surface area contributed by atoms with Crippen molar-refractivity contribution in [1.29, 1.82) is 0 Å². The summed E-state index contributed by atoms with van der Waals surface area (Å²) in [6, 6.07) is 9.00. The van der Waals surface area contributed by atoms with Gasteiger partial charge in [-0.05, 0) is 62.9 Å². The quantitative estimate of drug-likeness (QED) is 0.392. The molecule has 10 nitrogen and oxygen atoms in total. The van der Waals surface area contributed by atoms with Crippen LogP contribution < -0.4 is 10.6 Å². The predicted molar refractivity (Wildman–Crippen MR) is 137 cm³/mol. The van der Waals surface area contributed by atoms with E-state index in [1.165, 1.54) is 6.20 Å². The molecule has 0 atom stereocenters. The van der Waals surface area contributed by atoms with Gasteiger partial charge in [0, 0.05) is 41.1 Å². The number of nitrogens with one attached hydrogen (secondary N) is 2. The lowest BCUT2D eigenvalue weighted by atomic mass is 10.1. The minimum Gasteiger partial charge on any atom is -0.321 e. The second-order valence-electron chi connectivity index (χ2n) is 9.41. The van der Waals surface area contributed by atoms with Gasteiger partial charge in [0.1, 0.15) is 5.82 Å². The molecule has 4 aromatic rings. The van der Waals surface area contributed by atoms with Crippen LogP contribution in [0, 0.1) is 12.8 Å². The Balaban J connectivity index is 1.24. The number of aromatic nitrogens is 6. The van der Waals surface area contributed by atoms with Crippen LogP contribution in [0.3, 0.4) is 0 Å². The number of carbonyl (C=O) groups is 2. The Morgan fingerprint density at radius 2 is 1.76 bits per heavy atom. The van der Waals surface area contributed by atoms with Gasteiger partial charge in [-0.15, -0.1) is 0 Å². The van der Waals surface area contributed by atoms with Crippen molar-refractivity contribution in [2.75, 3.05) is 10.6 Å². The van der Waals surface area contributed by atoms with Crippen LogP contribution in [-0.2, 0) is 4.79 Å². The fourth-order valence-corrected chi connectivity index (χ4v) is 4.01. The lowest BCUT2D eigenvalue weighted by Crippen LogP contribution is -2.14. The molecule has 2 N–H and O–H groups in total. The maximum absolute atomic E-state index is 12.9. The first-order valence-corrected chi connectivity index (χ1v) is 12.2. The third-order valence-corrected chi connectivity index (χ3v) is 6.43. The number of aryl methyl sites for hydroxylation is 1.